The molecule has 1 unspecified atom stereocenters. The third kappa shape index (κ3) is 2.68. The largest absolute Gasteiger partial charge is 0.398 e. The summed E-state index contributed by atoms with van der Waals surface area (Å²) in [6, 6.07) is 4.97. The standard InChI is InChI=1S/C12H19N3O3S/c1-14-19(17,18)12-5-4-9(7-11(12)13)15-6-2-3-10(15)8-16/h4-5,7,10,14,16H,2-3,6,8,13H2,1H3. The maximum Gasteiger partial charge on any atom is 0.242 e. The molecule has 1 fully saturated rings. The van der Waals surface area contributed by atoms with Crippen LogP contribution in [0.15, 0.2) is 23.1 Å². The smallest absolute Gasteiger partial charge is 0.242 e. The van der Waals surface area contributed by atoms with E-state index in [9.17, 15) is 13.5 Å². The number of aliphatic hydroxyl groups excluding tert-OH is 1. The molecule has 106 valence electrons. The van der Waals surface area contributed by atoms with Gasteiger partial charge < -0.3 is 15.7 Å². The Morgan fingerprint density at radius 1 is 1.53 bits per heavy atom. The zero-order chi connectivity index (χ0) is 14.0. The van der Waals surface area contributed by atoms with E-state index in [1.54, 1.807) is 12.1 Å². The predicted molar refractivity (Wildman–Crippen MR) is 74.6 cm³/mol. The van der Waals surface area contributed by atoms with Crippen molar-refractivity contribution in [2.24, 2.45) is 0 Å². The molecule has 2 rings (SSSR count). The number of rotatable bonds is 4. The zero-order valence-corrected chi connectivity index (χ0v) is 11.7. The lowest BCUT2D eigenvalue weighted by Crippen LogP contribution is -2.32. The van der Waals surface area contributed by atoms with Gasteiger partial charge in [-0.05, 0) is 38.1 Å². The third-order valence-electron chi connectivity index (χ3n) is 3.47. The van der Waals surface area contributed by atoms with Gasteiger partial charge in [0.05, 0.1) is 18.3 Å². The summed E-state index contributed by atoms with van der Waals surface area (Å²) in [7, 11) is -2.18. The van der Waals surface area contributed by atoms with Crippen molar-refractivity contribution in [1.82, 2.24) is 4.72 Å². The van der Waals surface area contributed by atoms with Gasteiger partial charge in [-0.25, -0.2) is 13.1 Å². The van der Waals surface area contributed by atoms with E-state index in [2.05, 4.69) is 9.62 Å². The number of hydrogen-bond acceptors (Lipinski definition) is 5. The van der Waals surface area contributed by atoms with E-state index in [4.69, 9.17) is 5.73 Å². The highest BCUT2D eigenvalue weighted by Crippen LogP contribution is 2.29. The molecule has 1 heterocycles. The summed E-state index contributed by atoms with van der Waals surface area (Å²) in [5.41, 5.74) is 6.90. The van der Waals surface area contributed by atoms with Crippen molar-refractivity contribution in [1.29, 1.82) is 0 Å². The summed E-state index contributed by atoms with van der Waals surface area (Å²) in [6.45, 7) is 0.944. The molecule has 6 nitrogen and oxygen atoms in total. The van der Waals surface area contributed by atoms with Crippen molar-refractivity contribution >= 4 is 21.4 Å². The first-order chi connectivity index (χ1) is 8.99. The average molecular weight is 285 g/mol. The van der Waals surface area contributed by atoms with Crippen LogP contribution in [0.4, 0.5) is 11.4 Å². The highest BCUT2D eigenvalue weighted by molar-refractivity contribution is 7.89. The van der Waals surface area contributed by atoms with E-state index in [1.165, 1.54) is 13.1 Å². The Hall–Kier alpha value is -1.31. The third-order valence-corrected chi connectivity index (χ3v) is 4.96. The predicted octanol–water partition coefficient (Wildman–Crippen LogP) is 0.138. The maximum atomic E-state index is 11.7. The molecule has 1 aromatic carbocycles. The topological polar surface area (TPSA) is 95.7 Å². The molecule has 1 saturated heterocycles. The van der Waals surface area contributed by atoms with Crippen LogP contribution in [0.5, 0.6) is 0 Å². The molecular formula is C12H19N3O3S. The lowest BCUT2D eigenvalue weighted by Gasteiger charge is -2.25. The molecule has 1 aromatic rings. The van der Waals surface area contributed by atoms with Crippen LogP contribution in [0.25, 0.3) is 0 Å². The number of nitrogens with two attached hydrogens (primary N) is 1. The molecule has 0 spiro atoms. The molecule has 0 radical (unpaired) electrons. The molecule has 0 aliphatic carbocycles. The van der Waals surface area contributed by atoms with Gasteiger partial charge in [0.1, 0.15) is 4.90 Å². The van der Waals surface area contributed by atoms with Gasteiger partial charge in [0, 0.05) is 12.2 Å². The van der Waals surface area contributed by atoms with Gasteiger partial charge in [-0.15, -0.1) is 0 Å². The molecule has 7 heteroatoms. The fraction of sp³-hybridized carbons (Fsp3) is 0.500. The molecule has 0 aromatic heterocycles. The molecule has 1 aliphatic heterocycles. The summed E-state index contributed by atoms with van der Waals surface area (Å²) in [5.74, 6) is 0. The minimum atomic E-state index is -3.53. The fourth-order valence-electron chi connectivity index (χ4n) is 2.43. The van der Waals surface area contributed by atoms with Crippen LogP contribution in [0.1, 0.15) is 12.8 Å². The highest BCUT2D eigenvalue weighted by atomic mass is 32.2. The average Bonchev–Trinajstić information content (AvgIpc) is 2.86. The molecule has 1 aliphatic rings. The van der Waals surface area contributed by atoms with Crippen LogP contribution in [0.3, 0.4) is 0 Å². The molecule has 1 atom stereocenters. The van der Waals surface area contributed by atoms with Crippen LogP contribution < -0.4 is 15.4 Å². The number of aliphatic hydroxyl groups is 1. The zero-order valence-electron chi connectivity index (χ0n) is 10.8. The van der Waals surface area contributed by atoms with Crippen LogP contribution >= 0.6 is 0 Å². The van der Waals surface area contributed by atoms with E-state index in [0.717, 1.165) is 25.1 Å². The van der Waals surface area contributed by atoms with Gasteiger partial charge in [-0.1, -0.05) is 0 Å². The van der Waals surface area contributed by atoms with Crippen molar-refractivity contribution in [2.75, 3.05) is 30.8 Å². The molecule has 0 amide bonds. The lowest BCUT2D eigenvalue weighted by molar-refractivity contribution is 0.266. The molecular weight excluding hydrogens is 266 g/mol. The maximum absolute atomic E-state index is 11.7. The Labute approximate surface area is 113 Å². The van der Waals surface area contributed by atoms with Crippen LogP contribution in [0, 0.1) is 0 Å². The van der Waals surface area contributed by atoms with Crippen LogP contribution in [-0.2, 0) is 10.0 Å². The van der Waals surface area contributed by atoms with Gasteiger partial charge in [-0.2, -0.15) is 0 Å². The second-order valence-electron chi connectivity index (χ2n) is 4.60. The van der Waals surface area contributed by atoms with Gasteiger partial charge in [0.15, 0.2) is 0 Å². The van der Waals surface area contributed by atoms with Crippen molar-refractivity contribution in [3.63, 3.8) is 0 Å². The first kappa shape index (κ1) is 14.1. The van der Waals surface area contributed by atoms with E-state index in [-0.39, 0.29) is 23.2 Å². The summed E-state index contributed by atoms with van der Waals surface area (Å²) >= 11 is 0. The van der Waals surface area contributed by atoms with Gasteiger partial charge in [0.2, 0.25) is 10.0 Å². The van der Waals surface area contributed by atoms with E-state index >= 15 is 0 Å². The Balaban J connectivity index is 2.34. The van der Waals surface area contributed by atoms with Crippen molar-refractivity contribution in [3.8, 4) is 0 Å². The molecule has 19 heavy (non-hydrogen) atoms. The Kier molecular flexibility index (Phi) is 3.98. The summed E-state index contributed by atoms with van der Waals surface area (Å²) in [6.07, 6.45) is 1.95. The van der Waals surface area contributed by atoms with Gasteiger partial charge in [0.25, 0.3) is 0 Å². The van der Waals surface area contributed by atoms with Crippen molar-refractivity contribution < 1.29 is 13.5 Å². The number of nitrogens with one attached hydrogen (secondary N) is 1. The normalized spacial score (nSPS) is 19.9. The SMILES string of the molecule is CNS(=O)(=O)c1ccc(N2CCCC2CO)cc1N. The number of sulfonamides is 1. The molecule has 0 saturated carbocycles. The van der Waals surface area contributed by atoms with Crippen molar-refractivity contribution in [2.45, 2.75) is 23.8 Å². The number of hydrogen-bond donors (Lipinski definition) is 3. The van der Waals surface area contributed by atoms with Gasteiger partial charge >= 0.3 is 0 Å². The highest BCUT2D eigenvalue weighted by Gasteiger charge is 2.25. The second-order valence-corrected chi connectivity index (χ2v) is 6.46. The number of nitrogen functional groups attached to an aromatic ring is 1. The monoisotopic (exact) mass is 285 g/mol. The molecule has 0 bridgehead atoms. The lowest BCUT2D eigenvalue weighted by atomic mass is 10.2. The quantitative estimate of drug-likeness (QED) is 0.684. The Bertz CT molecular complexity index is 559. The van der Waals surface area contributed by atoms with E-state index < -0.39 is 10.0 Å². The Morgan fingerprint density at radius 2 is 2.26 bits per heavy atom. The van der Waals surface area contributed by atoms with Gasteiger partial charge in [-0.3, -0.25) is 0 Å². The summed E-state index contributed by atoms with van der Waals surface area (Å²) in [4.78, 5) is 2.14. The van der Waals surface area contributed by atoms with E-state index in [0.29, 0.717) is 0 Å². The van der Waals surface area contributed by atoms with Crippen LogP contribution in [-0.4, -0.2) is 39.8 Å². The number of anilines is 2. The number of nitrogens with zero attached hydrogens (tertiary/aromatic N) is 1. The summed E-state index contributed by atoms with van der Waals surface area (Å²) < 4.78 is 25.7. The minimum Gasteiger partial charge on any atom is -0.398 e. The van der Waals surface area contributed by atoms with Crippen molar-refractivity contribution in [3.05, 3.63) is 18.2 Å². The summed E-state index contributed by atoms with van der Waals surface area (Å²) in [5, 5.41) is 9.31. The first-order valence-corrected chi connectivity index (χ1v) is 7.68. The number of benzene rings is 1. The fourth-order valence-corrected chi connectivity index (χ4v) is 3.27. The van der Waals surface area contributed by atoms with E-state index in [1.807, 2.05) is 0 Å². The minimum absolute atomic E-state index is 0.0819. The van der Waals surface area contributed by atoms with Crippen LogP contribution in [0.2, 0.25) is 0 Å². The second kappa shape index (κ2) is 5.36. The first-order valence-electron chi connectivity index (χ1n) is 6.20. The molecule has 4 N–H and O–H groups in total. The Morgan fingerprint density at radius 3 is 2.84 bits per heavy atom.